The molecule has 31 heavy (non-hydrogen) atoms. The van der Waals surface area contributed by atoms with Gasteiger partial charge in [-0.1, -0.05) is 48.0 Å². The highest BCUT2D eigenvalue weighted by Crippen LogP contribution is 2.27. The van der Waals surface area contributed by atoms with E-state index in [-0.39, 0.29) is 16.3 Å². The Morgan fingerprint density at radius 2 is 1.77 bits per heavy atom. The molecular weight excluding hydrogens is 438 g/mol. The third kappa shape index (κ3) is 5.42. The minimum atomic E-state index is -4.04. The molecule has 0 saturated heterocycles. The minimum absolute atomic E-state index is 0.00285. The predicted octanol–water partition coefficient (Wildman–Crippen LogP) is 3.70. The van der Waals surface area contributed by atoms with Crippen molar-refractivity contribution < 1.29 is 18.3 Å². The van der Waals surface area contributed by atoms with Crippen LogP contribution in [0.2, 0.25) is 5.02 Å². The monoisotopic (exact) mass is 457 g/mol. The van der Waals surface area contributed by atoms with Gasteiger partial charge in [-0.05, 0) is 48.9 Å². The number of para-hydroxylation sites is 1. The fourth-order valence-electron chi connectivity index (χ4n) is 2.71. The number of hydrazone groups is 1. The maximum atomic E-state index is 13.2. The maximum Gasteiger partial charge on any atom is 0.264 e. The summed E-state index contributed by atoms with van der Waals surface area (Å²) in [7, 11) is -4.04. The van der Waals surface area contributed by atoms with Gasteiger partial charge in [0.1, 0.15) is 12.3 Å². The number of anilines is 1. The Kier molecular flexibility index (Phi) is 6.94. The zero-order chi connectivity index (χ0) is 22.4. The van der Waals surface area contributed by atoms with Crippen LogP contribution < -0.4 is 9.73 Å². The number of benzene rings is 3. The van der Waals surface area contributed by atoms with E-state index in [4.69, 9.17) is 11.6 Å². The number of phenols is 1. The summed E-state index contributed by atoms with van der Waals surface area (Å²) in [6, 6.07) is 19.0. The van der Waals surface area contributed by atoms with Crippen LogP contribution in [0.15, 0.2) is 82.8 Å². The number of halogens is 1. The number of rotatable bonds is 7. The predicted molar refractivity (Wildman–Crippen MR) is 121 cm³/mol. The molecule has 9 heteroatoms. The summed E-state index contributed by atoms with van der Waals surface area (Å²) in [6.45, 7) is 1.28. The van der Waals surface area contributed by atoms with Crippen molar-refractivity contribution in [2.75, 3.05) is 10.8 Å². The molecule has 0 spiro atoms. The average Bonchev–Trinajstić information content (AvgIpc) is 2.76. The highest BCUT2D eigenvalue weighted by Gasteiger charge is 2.27. The van der Waals surface area contributed by atoms with Gasteiger partial charge >= 0.3 is 0 Å². The molecule has 3 rings (SSSR count). The van der Waals surface area contributed by atoms with Gasteiger partial charge in [0.2, 0.25) is 0 Å². The van der Waals surface area contributed by atoms with Gasteiger partial charge in [0.15, 0.2) is 0 Å². The van der Waals surface area contributed by atoms with Crippen molar-refractivity contribution in [3.63, 3.8) is 0 Å². The number of phenolic OH excluding ortho intramolecular Hbond substituents is 1. The van der Waals surface area contributed by atoms with E-state index in [0.717, 1.165) is 9.87 Å². The second kappa shape index (κ2) is 9.63. The first-order chi connectivity index (χ1) is 14.8. The van der Waals surface area contributed by atoms with Crippen LogP contribution in [-0.2, 0) is 14.8 Å². The minimum Gasteiger partial charge on any atom is -0.507 e. The van der Waals surface area contributed by atoms with Gasteiger partial charge in [-0.2, -0.15) is 5.10 Å². The van der Waals surface area contributed by atoms with Crippen molar-refractivity contribution in [2.45, 2.75) is 11.8 Å². The summed E-state index contributed by atoms with van der Waals surface area (Å²) in [5.41, 5.74) is 3.72. The van der Waals surface area contributed by atoms with Crippen molar-refractivity contribution in [3.05, 3.63) is 88.9 Å². The largest absolute Gasteiger partial charge is 0.507 e. The van der Waals surface area contributed by atoms with Crippen molar-refractivity contribution >= 4 is 39.4 Å². The lowest BCUT2D eigenvalue weighted by molar-refractivity contribution is -0.119. The van der Waals surface area contributed by atoms with E-state index < -0.39 is 22.5 Å². The molecule has 7 nitrogen and oxygen atoms in total. The fourth-order valence-corrected chi connectivity index (χ4v) is 4.32. The Morgan fingerprint density at radius 1 is 1.10 bits per heavy atom. The quantitative estimate of drug-likeness (QED) is 0.417. The van der Waals surface area contributed by atoms with Crippen LogP contribution >= 0.6 is 11.6 Å². The molecule has 3 aromatic carbocycles. The van der Waals surface area contributed by atoms with Crippen molar-refractivity contribution in [1.82, 2.24) is 5.43 Å². The SMILES string of the molecule is Cc1ccc(N(CC(=O)N/N=C\c2ccccc2O)S(=O)(=O)c2ccccc2)cc1Cl. The normalized spacial score (nSPS) is 11.4. The molecule has 3 aromatic rings. The summed E-state index contributed by atoms with van der Waals surface area (Å²) in [6.07, 6.45) is 1.27. The van der Waals surface area contributed by atoms with Crippen LogP contribution in [0.25, 0.3) is 0 Å². The number of amides is 1. The van der Waals surface area contributed by atoms with Crippen molar-refractivity contribution in [3.8, 4) is 5.75 Å². The van der Waals surface area contributed by atoms with Crippen LogP contribution in [0, 0.1) is 6.92 Å². The Hall–Kier alpha value is -3.36. The van der Waals surface area contributed by atoms with Crippen LogP contribution in [0.4, 0.5) is 5.69 Å². The molecule has 160 valence electrons. The molecule has 0 bridgehead atoms. The van der Waals surface area contributed by atoms with Gasteiger partial charge in [0, 0.05) is 10.6 Å². The van der Waals surface area contributed by atoms with Gasteiger partial charge in [-0.3, -0.25) is 9.10 Å². The van der Waals surface area contributed by atoms with Gasteiger partial charge in [0.25, 0.3) is 15.9 Å². The number of nitrogens with one attached hydrogen (secondary N) is 1. The number of nitrogens with zero attached hydrogens (tertiary/aromatic N) is 2. The van der Waals surface area contributed by atoms with Gasteiger partial charge in [-0.25, -0.2) is 13.8 Å². The van der Waals surface area contributed by atoms with Crippen LogP contribution in [0.5, 0.6) is 5.75 Å². The first kappa shape index (κ1) is 22.3. The number of aryl methyl sites for hydroxylation is 1. The third-order valence-electron chi connectivity index (χ3n) is 4.39. The first-order valence-corrected chi connectivity index (χ1v) is 11.0. The Balaban J connectivity index is 1.87. The fraction of sp³-hybridized carbons (Fsp3) is 0.0909. The second-order valence-corrected chi connectivity index (χ2v) is 8.88. The molecule has 0 heterocycles. The zero-order valence-corrected chi connectivity index (χ0v) is 18.1. The van der Waals surface area contributed by atoms with E-state index in [9.17, 15) is 18.3 Å². The topological polar surface area (TPSA) is 99.1 Å². The molecule has 0 aromatic heterocycles. The maximum absolute atomic E-state index is 13.2. The summed E-state index contributed by atoms with van der Waals surface area (Å²) >= 11 is 6.19. The van der Waals surface area contributed by atoms with Crippen LogP contribution in [0.1, 0.15) is 11.1 Å². The number of carbonyl (C=O) groups excluding carboxylic acids is 1. The molecule has 1 amide bonds. The lowest BCUT2D eigenvalue weighted by atomic mass is 10.2. The van der Waals surface area contributed by atoms with E-state index in [0.29, 0.717) is 10.6 Å². The number of hydrogen-bond donors (Lipinski definition) is 2. The molecule has 0 saturated carbocycles. The lowest BCUT2D eigenvalue weighted by Crippen LogP contribution is -2.39. The molecule has 2 N–H and O–H groups in total. The summed E-state index contributed by atoms with van der Waals surface area (Å²) in [5, 5.41) is 13.9. The molecule has 0 aliphatic rings. The van der Waals surface area contributed by atoms with E-state index in [1.165, 1.54) is 30.5 Å². The highest BCUT2D eigenvalue weighted by atomic mass is 35.5. The average molecular weight is 458 g/mol. The van der Waals surface area contributed by atoms with Gasteiger partial charge in [0.05, 0.1) is 16.8 Å². The van der Waals surface area contributed by atoms with E-state index >= 15 is 0 Å². The Morgan fingerprint density at radius 3 is 2.45 bits per heavy atom. The smallest absolute Gasteiger partial charge is 0.264 e. The molecule has 0 unspecified atom stereocenters. The number of carbonyl (C=O) groups is 1. The molecule has 0 fully saturated rings. The van der Waals surface area contributed by atoms with Crippen LogP contribution in [-0.4, -0.2) is 32.2 Å². The highest BCUT2D eigenvalue weighted by molar-refractivity contribution is 7.92. The van der Waals surface area contributed by atoms with E-state index in [1.807, 2.05) is 0 Å². The summed E-state index contributed by atoms with van der Waals surface area (Å²) in [5.74, 6) is -0.661. The molecule has 0 radical (unpaired) electrons. The first-order valence-electron chi connectivity index (χ1n) is 9.23. The van der Waals surface area contributed by atoms with Crippen LogP contribution in [0.3, 0.4) is 0 Å². The number of sulfonamides is 1. The molecule has 0 atom stereocenters. The zero-order valence-electron chi connectivity index (χ0n) is 16.6. The third-order valence-corrected chi connectivity index (χ3v) is 6.59. The van der Waals surface area contributed by atoms with E-state index in [1.54, 1.807) is 55.5 Å². The Labute approximate surface area is 185 Å². The van der Waals surface area contributed by atoms with Crippen molar-refractivity contribution in [1.29, 1.82) is 0 Å². The van der Waals surface area contributed by atoms with Gasteiger partial charge in [-0.15, -0.1) is 0 Å². The molecule has 0 aliphatic heterocycles. The number of aromatic hydroxyl groups is 1. The Bertz CT molecular complexity index is 1210. The standard InChI is InChI=1S/C22H20ClN3O4S/c1-16-11-12-18(13-20(16)23)26(31(29,30)19-8-3-2-4-9-19)15-22(28)25-24-14-17-7-5-6-10-21(17)27/h2-14,27H,15H2,1H3,(H,25,28)/b24-14-. The summed E-state index contributed by atoms with van der Waals surface area (Å²) in [4.78, 5) is 12.5. The van der Waals surface area contributed by atoms with E-state index in [2.05, 4.69) is 10.5 Å². The van der Waals surface area contributed by atoms with Gasteiger partial charge < -0.3 is 5.11 Å². The molecular formula is C22H20ClN3O4S. The van der Waals surface area contributed by atoms with Crippen molar-refractivity contribution in [2.24, 2.45) is 5.10 Å². The second-order valence-electron chi connectivity index (χ2n) is 6.61. The number of hydrogen-bond acceptors (Lipinski definition) is 5. The lowest BCUT2D eigenvalue weighted by Gasteiger charge is -2.24. The summed E-state index contributed by atoms with van der Waals surface area (Å²) < 4.78 is 27.4. The molecule has 0 aliphatic carbocycles.